The SMILES string of the molecule is CC12Cc3cnn(-c4ccc(F)cc4)c3C=C1CCN(S(=O)c1ccc(C(C)(C)C)cc1)C2. The average molecular weight is 464 g/mol. The van der Waals surface area contributed by atoms with E-state index < -0.39 is 11.0 Å². The van der Waals surface area contributed by atoms with Crippen molar-refractivity contribution in [3.63, 3.8) is 0 Å². The Morgan fingerprint density at radius 2 is 1.76 bits per heavy atom. The molecule has 1 aromatic heterocycles. The maximum Gasteiger partial charge on any atom is 0.127 e. The van der Waals surface area contributed by atoms with Gasteiger partial charge in [-0.05, 0) is 71.9 Å². The zero-order valence-corrected chi connectivity index (χ0v) is 20.5. The molecule has 33 heavy (non-hydrogen) atoms. The Bertz CT molecular complexity index is 1240. The van der Waals surface area contributed by atoms with Crippen LogP contribution in [0.25, 0.3) is 11.8 Å². The molecular formula is C27H30FN3OS. The second kappa shape index (κ2) is 8.03. The average Bonchev–Trinajstić information content (AvgIpc) is 3.18. The third kappa shape index (κ3) is 4.11. The first-order chi connectivity index (χ1) is 15.6. The van der Waals surface area contributed by atoms with Gasteiger partial charge in [0.2, 0.25) is 0 Å². The summed E-state index contributed by atoms with van der Waals surface area (Å²) in [4.78, 5) is 0.861. The van der Waals surface area contributed by atoms with Crippen LogP contribution in [0.5, 0.6) is 0 Å². The van der Waals surface area contributed by atoms with E-state index in [1.807, 2.05) is 23.0 Å². The van der Waals surface area contributed by atoms with Crippen LogP contribution in [-0.2, 0) is 22.8 Å². The van der Waals surface area contributed by atoms with Crippen LogP contribution in [0.1, 0.15) is 50.9 Å². The molecule has 5 rings (SSSR count). The van der Waals surface area contributed by atoms with Crippen molar-refractivity contribution in [2.75, 3.05) is 13.1 Å². The fourth-order valence-corrected chi connectivity index (χ4v) is 6.28. The van der Waals surface area contributed by atoms with Gasteiger partial charge in [-0.15, -0.1) is 0 Å². The molecule has 0 spiro atoms. The van der Waals surface area contributed by atoms with Crippen LogP contribution in [0.15, 0.2) is 65.2 Å². The Hall–Kier alpha value is -2.57. The second-order valence-electron chi connectivity index (χ2n) is 10.5. The molecule has 4 nitrogen and oxygen atoms in total. The van der Waals surface area contributed by atoms with Gasteiger partial charge >= 0.3 is 0 Å². The summed E-state index contributed by atoms with van der Waals surface area (Å²) < 4.78 is 30.8. The Kier molecular flexibility index (Phi) is 5.41. The molecule has 0 radical (unpaired) electrons. The minimum absolute atomic E-state index is 0.0798. The van der Waals surface area contributed by atoms with Crippen LogP contribution in [0.4, 0.5) is 4.39 Å². The van der Waals surface area contributed by atoms with Crippen molar-refractivity contribution in [1.29, 1.82) is 0 Å². The van der Waals surface area contributed by atoms with Crippen LogP contribution < -0.4 is 0 Å². The van der Waals surface area contributed by atoms with E-state index in [0.717, 1.165) is 42.2 Å². The lowest BCUT2D eigenvalue weighted by atomic mass is 9.70. The molecule has 2 heterocycles. The predicted molar refractivity (Wildman–Crippen MR) is 131 cm³/mol. The number of fused-ring (bicyclic) bond motifs is 2. The first kappa shape index (κ1) is 22.2. The lowest BCUT2D eigenvalue weighted by molar-refractivity contribution is 0.239. The summed E-state index contributed by atoms with van der Waals surface area (Å²) in [6, 6.07) is 14.7. The Morgan fingerprint density at radius 1 is 1.06 bits per heavy atom. The van der Waals surface area contributed by atoms with E-state index in [0.29, 0.717) is 0 Å². The van der Waals surface area contributed by atoms with E-state index in [-0.39, 0.29) is 16.6 Å². The van der Waals surface area contributed by atoms with E-state index in [1.54, 1.807) is 12.1 Å². The quantitative estimate of drug-likeness (QED) is 0.501. The Labute approximate surface area is 197 Å². The van der Waals surface area contributed by atoms with Gasteiger partial charge in [-0.1, -0.05) is 45.4 Å². The molecule has 0 amide bonds. The molecule has 172 valence electrons. The summed E-state index contributed by atoms with van der Waals surface area (Å²) in [5, 5.41) is 4.59. The highest BCUT2D eigenvalue weighted by molar-refractivity contribution is 7.82. The number of piperidine rings is 1. The largest absolute Gasteiger partial charge is 0.237 e. The smallest absolute Gasteiger partial charge is 0.127 e. The number of hydrogen-bond donors (Lipinski definition) is 0. The van der Waals surface area contributed by atoms with Crippen molar-refractivity contribution in [1.82, 2.24) is 14.1 Å². The highest BCUT2D eigenvalue weighted by Gasteiger charge is 2.41. The van der Waals surface area contributed by atoms with Gasteiger partial charge in [-0.25, -0.2) is 17.6 Å². The lowest BCUT2D eigenvalue weighted by Gasteiger charge is -2.43. The summed E-state index contributed by atoms with van der Waals surface area (Å²) in [6.45, 7) is 10.3. The minimum atomic E-state index is -1.18. The van der Waals surface area contributed by atoms with Crippen LogP contribution in [-0.4, -0.2) is 31.4 Å². The molecule has 0 bridgehead atoms. The molecule has 0 saturated carbocycles. The summed E-state index contributed by atoms with van der Waals surface area (Å²) in [5.74, 6) is -0.251. The van der Waals surface area contributed by atoms with Gasteiger partial charge in [0.15, 0.2) is 0 Å². The first-order valence-electron chi connectivity index (χ1n) is 11.5. The molecule has 2 unspecified atom stereocenters. The summed E-state index contributed by atoms with van der Waals surface area (Å²) >= 11 is 0. The van der Waals surface area contributed by atoms with Crippen LogP contribution in [0.3, 0.4) is 0 Å². The molecule has 1 fully saturated rings. The Morgan fingerprint density at radius 3 is 2.42 bits per heavy atom. The second-order valence-corrected chi connectivity index (χ2v) is 12.0. The monoisotopic (exact) mass is 463 g/mol. The molecule has 1 aliphatic heterocycles. The summed E-state index contributed by atoms with van der Waals surface area (Å²) in [7, 11) is -1.18. The van der Waals surface area contributed by atoms with Crippen LogP contribution in [0.2, 0.25) is 0 Å². The minimum Gasteiger partial charge on any atom is -0.237 e. The first-order valence-corrected chi connectivity index (χ1v) is 12.6. The van der Waals surface area contributed by atoms with Crippen molar-refractivity contribution >= 4 is 17.1 Å². The number of aromatic nitrogens is 2. The Balaban J connectivity index is 1.38. The van der Waals surface area contributed by atoms with Gasteiger partial charge in [0, 0.05) is 18.5 Å². The maximum atomic E-state index is 13.4. The van der Waals surface area contributed by atoms with Gasteiger partial charge < -0.3 is 0 Å². The van der Waals surface area contributed by atoms with Crippen molar-refractivity contribution in [3.05, 3.63) is 82.9 Å². The van der Waals surface area contributed by atoms with Gasteiger partial charge in [0.05, 0.1) is 22.5 Å². The van der Waals surface area contributed by atoms with E-state index in [2.05, 4.69) is 55.3 Å². The molecule has 2 aromatic carbocycles. The third-order valence-electron chi connectivity index (χ3n) is 6.94. The predicted octanol–water partition coefficient (Wildman–Crippen LogP) is 5.68. The molecule has 2 atom stereocenters. The normalized spacial score (nSPS) is 21.8. The summed E-state index contributed by atoms with van der Waals surface area (Å²) in [5.41, 5.74) is 5.72. The van der Waals surface area contributed by atoms with Gasteiger partial charge in [0.25, 0.3) is 0 Å². The van der Waals surface area contributed by atoms with E-state index in [9.17, 15) is 8.60 Å². The number of rotatable bonds is 3. The molecule has 0 N–H and O–H groups in total. The lowest BCUT2D eigenvalue weighted by Crippen LogP contribution is -2.46. The number of hydrogen-bond acceptors (Lipinski definition) is 2. The number of benzene rings is 2. The van der Waals surface area contributed by atoms with E-state index in [4.69, 9.17) is 0 Å². The van der Waals surface area contributed by atoms with Crippen molar-refractivity contribution < 1.29 is 8.60 Å². The fraction of sp³-hybridized carbons (Fsp3) is 0.370. The van der Waals surface area contributed by atoms with Crippen LogP contribution in [0, 0.1) is 11.2 Å². The van der Waals surface area contributed by atoms with Crippen molar-refractivity contribution in [2.45, 2.75) is 50.8 Å². The number of halogens is 1. The van der Waals surface area contributed by atoms with Crippen molar-refractivity contribution in [2.24, 2.45) is 5.41 Å². The molecular weight excluding hydrogens is 433 g/mol. The van der Waals surface area contributed by atoms with Gasteiger partial charge in [-0.3, -0.25) is 0 Å². The molecule has 3 aromatic rings. The standard InChI is InChI=1S/C27H30FN3OS/c1-26(2,3)20-5-11-24(12-6-20)33(32)30-14-13-21-15-25-19(16-27(21,4)18-30)17-29-31(25)23-9-7-22(28)8-10-23/h5-12,15,17H,13-14,16,18H2,1-4H3. The molecule has 2 aliphatic rings. The highest BCUT2D eigenvalue weighted by Crippen LogP contribution is 2.44. The topological polar surface area (TPSA) is 38.1 Å². The third-order valence-corrected chi connectivity index (χ3v) is 8.39. The van der Waals surface area contributed by atoms with Gasteiger partial charge in [0.1, 0.15) is 16.8 Å². The number of nitrogens with zero attached hydrogens (tertiary/aromatic N) is 3. The van der Waals surface area contributed by atoms with Gasteiger partial charge in [-0.2, -0.15) is 5.10 Å². The van der Waals surface area contributed by atoms with E-state index >= 15 is 0 Å². The maximum absolute atomic E-state index is 13.4. The molecule has 1 saturated heterocycles. The van der Waals surface area contributed by atoms with Crippen molar-refractivity contribution in [3.8, 4) is 5.69 Å². The van der Waals surface area contributed by atoms with Crippen LogP contribution >= 0.6 is 0 Å². The zero-order valence-electron chi connectivity index (χ0n) is 19.6. The molecule has 6 heteroatoms. The molecule has 1 aliphatic carbocycles. The summed E-state index contributed by atoms with van der Waals surface area (Å²) in [6.07, 6.45) is 5.88. The zero-order chi connectivity index (χ0) is 23.4. The van der Waals surface area contributed by atoms with E-state index in [1.165, 1.54) is 28.8 Å². The highest BCUT2D eigenvalue weighted by atomic mass is 32.2. The fourth-order valence-electron chi connectivity index (χ4n) is 4.95.